The summed E-state index contributed by atoms with van der Waals surface area (Å²) in [5.41, 5.74) is 9.07. The van der Waals surface area contributed by atoms with Crippen molar-refractivity contribution in [1.29, 1.82) is 0 Å². The predicted octanol–water partition coefficient (Wildman–Crippen LogP) is 8.27. The van der Waals surface area contributed by atoms with Crippen LogP contribution in [0, 0.1) is 0 Å². The molecule has 2 N–H and O–H groups in total. The molecule has 0 aliphatic carbocycles. The van der Waals surface area contributed by atoms with Crippen molar-refractivity contribution >= 4 is 51.3 Å². The van der Waals surface area contributed by atoms with E-state index in [0.29, 0.717) is 0 Å². The molecule has 3 aliphatic heterocycles. The summed E-state index contributed by atoms with van der Waals surface area (Å²) >= 11 is 3.50. The van der Waals surface area contributed by atoms with E-state index in [1.165, 1.54) is 22.7 Å². The number of halogens is 1. The van der Waals surface area contributed by atoms with Gasteiger partial charge in [-0.2, -0.15) is 0 Å². The van der Waals surface area contributed by atoms with Crippen LogP contribution in [0.3, 0.4) is 0 Å². The lowest BCUT2D eigenvalue weighted by Crippen LogP contribution is -2.46. The lowest BCUT2D eigenvalue weighted by molar-refractivity contribution is 0.00578. The number of piperazine rings is 2. The Labute approximate surface area is 411 Å². The van der Waals surface area contributed by atoms with E-state index in [1.54, 1.807) is 23.2 Å². The lowest BCUT2D eigenvalue weighted by atomic mass is 9.79. The van der Waals surface area contributed by atoms with E-state index < -0.39 is 12.2 Å². The molecule has 0 spiro atoms. The summed E-state index contributed by atoms with van der Waals surface area (Å²) in [7, 11) is -0.329. The van der Waals surface area contributed by atoms with E-state index in [-0.39, 0.29) is 30.4 Å². The highest BCUT2D eigenvalue weighted by atomic mass is 79.9. The van der Waals surface area contributed by atoms with Gasteiger partial charge in [-0.05, 0) is 121 Å². The quantitative estimate of drug-likeness (QED) is 0.108. The zero-order chi connectivity index (χ0) is 48.2. The third-order valence-electron chi connectivity index (χ3n) is 14.2. The standard InChI is InChI=1S/C29H40BN5O3.C23H28BrN5O/c1-7-27(21(2)36)35-20-26(31-32-35)22-8-12-24(13-9-22)33-16-18-34(19-17-33)25-14-10-23(11-15-25)30-37-28(3,4)29(5,6)38-30;1-3-23(17(2)30)29-16-22(25-26-29)18-4-8-20(9-5-18)27-12-14-28(15-13-27)21-10-6-19(24)7-11-21/h8-15,20-21,27,36H,7,16-19H2,1-6H3;4-11,16-17,23,30H,3,12-15H2,1-2H3/t21-,27-;17-,23-/m00/s1. The molecule has 0 saturated carbocycles. The number of aromatic nitrogens is 6. The maximum Gasteiger partial charge on any atom is 0.494 e. The molecule has 68 heavy (non-hydrogen) atoms. The molecule has 4 aromatic carbocycles. The maximum atomic E-state index is 10.0. The van der Waals surface area contributed by atoms with Crippen LogP contribution in [0.25, 0.3) is 22.5 Å². The second-order valence-electron chi connectivity index (χ2n) is 19.3. The maximum absolute atomic E-state index is 10.0. The molecular formula is C52H68BBrN10O4. The van der Waals surface area contributed by atoms with Gasteiger partial charge in [0.1, 0.15) is 11.4 Å². The molecule has 2 aromatic heterocycles. The van der Waals surface area contributed by atoms with Gasteiger partial charge in [-0.1, -0.05) is 76.6 Å². The van der Waals surface area contributed by atoms with Crippen molar-refractivity contribution in [3.05, 3.63) is 114 Å². The molecule has 360 valence electrons. The first-order chi connectivity index (χ1) is 32.6. The van der Waals surface area contributed by atoms with Gasteiger partial charge >= 0.3 is 7.12 Å². The van der Waals surface area contributed by atoms with Gasteiger partial charge in [0.05, 0.1) is 47.9 Å². The molecule has 14 nitrogen and oxygen atoms in total. The Hall–Kier alpha value is -5.26. The molecule has 0 bridgehead atoms. The molecule has 4 atom stereocenters. The summed E-state index contributed by atoms with van der Waals surface area (Å²) in [6, 6.07) is 34.1. The number of nitrogens with zero attached hydrogens (tertiary/aromatic N) is 10. The number of aliphatic hydroxyl groups is 2. The summed E-state index contributed by atoms with van der Waals surface area (Å²) in [4.78, 5) is 9.72. The van der Waals surface area contributed by atoms with Crippen molar-refractivity contribution < 1.29 is 19.5 Å². The highest BCUT2D eigenvalue weighted by molar-refractivity contribution is 9.10. The summed E-state index contributed by atoms with van der Waals surface area (Å²) in [6.45, 7) is 23.9. The fourth-order valence-electron chi connectivity index (χ4n) is 9.25. The molecule has 0 amide bonds. The summed E-state index contributed by atoms with van der Waals surface area (Å²) in [5.74, 6) is 0. The zero-order valence-corrected chi connectivity index (χ0v) is 42.5. The number of aliphatic hydroxyl groups excluding tert-OH is 2. The average Bonchev–Trinajstić information content (AvgIpc) is 4.08. The van der Waals surface area contributed by atoms with Gasteiger partial charge in [-0.25, -0.2) is 9.36 Å². The molecule has 16 heteroatoms. The average molecular weight is 988 g/mol. The van der Waals surface area contributed by atoms with Crippen molar-refractivity contribution in [1.82, 2.24) is 30.0 Å². The predicted molar refractivity (Wildman–Crippen MR) is 278 cm³/mol. The van der Waals surface area contributed by atoms with Gasteiger partial charge in [0, 0.05) is 90.7 Å². The van der Waals surface area contributed by atoms with Crippen LogP contribution in [0.5, 0.6) is 0 Å². The van der Waals surface area contributed by atoms with Gasteiger partial charge in [0.2, 0.25) is 0 Å². The Bertz CT molecular complexity index is 2500. The van der Waals surface area contributed by atoms with E-state index in [0.717, 1.165) is 97.6 Å². The molecule has 9 rings (SSSR count). The first-order valence-corrected chi connectivity index (χ1v) is 25.0. The Kier molecular flexibility index (Phi) is 15.3. The van der Waals surface area contributed by atoms with Crippen LogP contribution in [0.1, 0.15) is 80.3 Å². The first kappa shape index (κ1) is 49.2. The summed E-state index contributed by atoms with van der Waals surface area (Å²) in [6.07, 6.45) is 4.53. The van der Waals surface area contributed by atoms with E-state index in [1.807, 2.05) is 26.2 Å². The smallest absolute Gasteiger partial charge is 0.399 e. The molecule has 0 radical (unpaired) electrons. The Morgan fingerprint density at radius 2 is 0.838 bits per heavy atom. The van der Waals surface area contributed by atoms with Gasteiger partial charge in [-0.15, -0.1) is 10.2 Å². The fraction of sp³-hybridized carbons (Fsp3) is 0.462. The Morgan fingerprint density at radius 1 is 0.529 bits per heavy atom. The summed E-state index contributed by atoms with van der Waals surface area (Å²) in [5, 5.41) is 37.1. The van der Waals surface area contributed by atoms with E-state index in [4.69, 9.17) is 9.31 Å². The van der Waals surface area contributed by atoms with Crippen molar-refractivity contribution in [2.45, 2.75) is 104 Å². The van der Waals surface area contributed by atoms with Crippen LogP contribution in [0.15, 0.2) is 114 Å². The summed E-state index contributed by atoms with van der Waals surface area (Å²) < 4.78 is 17.1. The number of rotatable bonds is 13. The van der Waals surface area contributed by atoms with Crippen LogP contribution in [-0.4, -0.2) is 123 Å². The second-order valence-corrected chi connectivity index (χ2v) is 20.2. The second kappa shape index (κ2) is 21.2. The van der Waals surface area contributed by atoms with Gasteiger partial charge in [-0.3, -0.25) is 0 Å². The number of benzene rings is 4. The minimum absolute atomic E-state index is 0.0486. The highest BCUT2D eigenvalue weighted by Crippen LogP contribution is 2.37. The number of anilines is 4. The van der Waals surface area contributed by atoms with E-state index in [2.05, 4.69) is 181 Å². The third kappa shape index (κ3) is 11.1. The van der Waals surface area contributed by atoms with Crippen LogP contribution in [-0.2, 0) is 9.31 Å². The van der Waals surface area contributed by atoms with Crippen LogP contribution in [0.4, 0.5) is 22.7 Å². The van der Waals surface area contributed by atoms with Gasteiger partial charge < -0.3 is 39.1 Å². The molecule has 0 unspecified atom stereocenters. The topological polar surface area (TPSA) is 133 Å². The lowest BCUT2D eigenvalue weighted by Gasteiger charge is -2.37. The minimum atomic E-state index is -0.469. The number of hydrogen-bond acceptors (Lipinski definition) is 12. The molecule has 3 fully saturated rings. The van der Waals surface area contributed by atoms with Crippen molar-refractivity contribution in [2.75, 3.05) is 72.0 Å². The molecule has 3 aliphatic rings. The monoisotopic (exact) mass is 986 g/mol. The van der Waals surface area contributed by atoms with Gasteiger partial charge in [0.25, 0.3) is 0 Å². The highest BCUT2D eigenvalue weighted by Gasteiger charge is 2.51. The van der Waals surface area contributed by atoms with Gasteiger partial charge in [0.15, 0.2) is 0 Å². The molecular weight excluding hydrogens is 919 g/mol. The van der Waals surface area contributed by atoms with Crippen LogP contribution >= 0.6 is 15.9 Å². The van der Waals surface area contributed by atoms with Crippen molar-refractivity contribution in [2.24, 2.45) is 0 Å². The van der Waals surface area contributed by atoms with Crippen molar-refractivity contribution in [3.63, 3.8) is 0 Å². The first-order valence-electron chi connectivity index (χ1n) is 24.2. The fourth-order valence-corrected chi connectivity index (χ4v) is 9.51. The SMILES string of the molecule is CC[C@@H]([C@H](C)O)n1cc(-c2ccc(N3CCN(c4ccc(B5OC(C)(C)C(C)(C)O5)cc4)CC3)cc2)nn1.CC[C@@H]([C@H](C)O)n1cc(-c2ccc(N3CCN(c4ccc(Br)cc4)CC3)cc2)nn1. The minimum Gasteiger partial charge on any atom is -0.399 e. The molecule has 6 aromatic rings. The molecule has 5 heterocycles. The Morgan fingerprint density at radius 3 is 1.15 bits per heavy atom. The Balaban J connectivity index is 0.000000189. The third-order valence-corrected chi connectivity index (χ3v) is 14.8. The van der Waals surface area contributed by atoms with E-state index >= 15 is 0 Å². The normalized spacial score (nSPS) is 18.8. The largest absolute Gasteiger partial charge is 0.494 e. The van der Waals surface area contributed by atoms with Crippen molar-refractivity contribution in [3.8, 4) is 22.5 Å². The van der Waals surface area contributed by atoms with Crippen LogP contribution in [0.2, 0.25) is 0 Å². The zero-order valence-electron chi connectivity index (χ0n) is 40.9. The molecule has 3 saturated heterocycles. The van der Waals surface area contributed by atoms with E-state index in [9.17, 15) is 10.2 Å². The van der Waals surface area contributed by atoms with Crippen LogP contribution < -0.4 is 25.1 Å². The number of hydrogen-bond donors (Lipinski definition) is 2.